The lowest BCUT2D eigenvalue weighted by Crippen LogP contribution is -2.31. The van der Waals surface area contributed by atoms with Gasteiger partial charge in [-0.1, -0.05) is 84.0 Å². The van der Waals surface area contributed by atoms with Crippen molar-refractivity contribution in [3.8, 4) is 57.5 Å². The van der Waals surface area contributed by atoms with Crippen LogP contribution in [0.1, 0.15) is 60.1 Å². The fourth-order valence-corrected chi connectivity index (χ4v) is 8.32. The van der Waals surface area contributed by atoms with Crippen molar-refractivity contribution in [2.45, 2.75) is 83.7 Å². The Labute approximate surface area is 578 Å². The van der Waals surface area contributed by atoms with Gasteiger partial charge in [-0.15, -0.1) is 18.6 Å². The van der Waals surface area contributed by atoms with Crippen molar-refractivity contribution in [3.63, 3.8) is 0 Å². The van der Waals surface area contributed by atoms with Gasteiger partial charge in [0, 0.05) is 24.0 Å². The molecular weight excluding hydrogens is 1500 g/mol. The molecule has 6 aromatic carbocycles. The van der Waals surface area contributed by atoms with E-state index in [1.807, 2.05) is 150 Å². The summed E-state index contributed by atoms with van der Waals surface area (Å²) in [6, 6.07) is 41.8. The minimum Gasteiger partial charge on any atom is -0.504 e. The second kappa shape index (κ2) is 56.8. The van der Waals surface area contributed by atoms with Crippen LogP contribution in [0.5, 0.6) is 57.5 Å². The molecule has 0 aromatic heterocycles. The number of para-hydroxylation sites is 8. The zero-order chi connectivity index (χ0) is 66.6. The number of aliphatic hydroxyl groups excluding tert-OH is 1. The van der Waals surface area contributed by atoms with E-state index in [0.29, 0.717) is 82.5 Å². The van der Waals surface area contributed by atoms with Crippen LogP contribution >= 0.6 is 90.5 Å². The number of aromatic hydroxyl groups is 1. The Balaban J connectivity index is 0.00000111. The van der Waals surface area contributed by atoms with Crippen LogP contribution in [0.25, 0.3) is 0 Å². The van der Waals surface area contributed by atoms with Crippen molar-refractivity contribution in [3.05, 3.63) is 145 Å². The van der Waals surface area contributed by atoms with Crippen LogP contribution in [0.4, 0.5) is 4.79 Å². The zero-order valence-corrected chi connectivity index (χ0v) is 60.6. The molecule has 0 bridgehead atoms. The molecular formula is C62H89Br4N4O18PS2. The normalized spacial score (nSPS) is 11.3. The van der Waals surface area contributed by atoms with E-state index in [1.54, 1.807) is 32.4 Å². The summed E-state index contributed by atoms with van der Waals surface area (Å²) in [7, 11) is 3.20. The highest BCUT2D eigenvalue weighted by molar-refractivity contribution is 9.93. The van der Waals surface area contributed by atoms with Crippen LogP contribution in [-0.4, -0.2) is 121 Å². The lowest BCUT2D eigenvalue weighted by atomic mass is 10.1. The smallest absolute Gasteiger partial charge is 0.504 e. The first-order valence-electron chi connectivity index (χ1n) is 28.0. The highest BCUT2D eigenvalue weighted by Crippen LogP contribution is 2.59. The molecule has 2 atom stereocenters. The van der Waals surface area contributed by atoms with Crippen molar-refractivity contribution in [2.75, 3.05) is 92.2 Å². The Morgan fingerprint density at radius 1 is 0.560 bits per heavy atom. The van der Waals surface area contributed by atoms with Gasteiger partial charge in [-0.25, -0.2) is 4.79 Å². The summed E-state index contributed by atoms with van der Waals surface area (Å²) in [6.07, 6.45) is 1.09. The van der Waals surface area contributed by atoms with Gasteiger partial charge < -0.3 is 73.4 Å². The van der Waals surface area contributed by atoms with Crippen molar-refractivity contribution in [1.82, 2.24) is 5.32 Å². The number of cyclic esters (lactones) is 2. The molecule has 0 amide bonds. The summed E-state index contributed by atoms with van der Waals surface area (Å²) in [5.74, 6) is 16.4. The van der Waals surface area contributed by atoms with Crippen molar-refractivity contribution in [1.29, 1.82) is 0 Å². The van der Waals surface area contributed by atoms with E-state index in [0.717, 1.165) is 98.5 Å². The molecule has 0 saturated carbocycles. The summed E-state index contributed by atoms with van der Waals surface area (Å²) < 4.78 is 66.2. The predicted molar refractivity (Wildman–Crippen MR) is 376 cm³/mol. The van der Waals surface area contributed by atoms with E-state index in [-0.39, 0.29) is 35.9 Å². The van der Waals surface area contributed by atoms with E-state index in [2.05, 4.69) is 98.4 Å². The van der Waals surface area contributed by atoms with Gasteiger partial charge in [-0.3, -0.25) is 0 Å². The zero-order valence-electron chi connectivity index (χ0n) is 51.7. The van der Waals surface area contributed by atoms with Crippen LogP contribution in [0.3, 0.4) is 0 Å². The van der Waals surface area contributed by atoms with Gasteiger partial charge >= 0.3 is 6.16 Å². The molecule has 91 heavy (non-hydrogen) atoms. The topological polar surface area (TPSA) is 286 Å². The van der Waals surface area contributed by atoms with Crippen molar-refractivity contribution >= 4 is 96.7 Å². The number of phenols is 1. The van der Waals surface area contributed by atoms with E-state index in [1.165, 1.54) is 0 Å². The monoisotopic (exact) mass is 1590 g/mol. The van der Waals surface area contributed by atoms with Gasteiger partial charge in [0.05, 0.1) is 87.7 Å². The summed E-state index contributed by atoms with van der Waals surface area (Å²) >= 11 is 14.8. The quantitative estimate of drug-likeness (QED) is 0.00448. The van der Waals surface area contributed by atoms with E-state index >= 15 is 0 Å². The number of aliphatic hydroxyl groups is 1. The van der Waals surface area contributed by atoms with Crippen LogP contribution in [0.15, 0.2) is 143 Å². The summed E-state index contributed by atoms with van der Waals surface area (Å²) in [5, 5.41) is 22.0. The van der Waals surface area contributed by atoms with Gasteiger partial charge in [-0.05, 0) is 185 Å². The highest BCUT2D eigenvalue weighted by Gasteiger charge is 2.13. The fraction of sp³-hybridized carbons (Fsp3) is 0.403. The molecule has 1 aliphatic rings. The lowest BCUT2D eigenvalue weighted by Gasteiger charge is -2.16. The Bertz CT molecular complexity index is 2720. The van der Waals surface area contributed by atoms with E-state index < -0.39 is 6.16 Å². The number of rotatable bonds is 31. The van der Waals surface area contributed by atoms with Gasteiger partial charge in [-0.2, -0.15) is 11.8 Å². The highest BCUT2D eigenvalue weighted by atomic mass is 80.0. The van der Waals surface area contributed by atoms with Crippen LogP contribution in [-0.2, 0) is 41.0 Å². The average molecular weight is 1590 g/mol. The van der Waals surface area contributed by atoms with E-state index in [9.17, 15) is 4.79 Å². The molecule has 7 rings (SSSR count). The molecule has 1 aliphatic heterocycles. The maximum Gasteiger partial charge on any atom is 0.508 e. The Morgan fingerprint density at radius 2 is 0.923 bits per heavy atom. The third kappa shape index (κ3) is 41.6. The number of benzene rings is 6. The SMILES string of the molecule is BrP(Br)Br.C.CCOc1ccccc1O.CCOc1ccccc1OCCBr.CCOc1ccccc1OCCNC(C)Cc1ccc(OC)c(SOON)c1.CCOc1ccccc1OCCO.COc1ccc(CC(C)N)cc1SOON.O=C1OCCO1. The number of nitrogens with one attached hydrogen (secondary N) is 1. The number of hydrogen-bond acceptors (Lipinski definition) is 24. The largest absolute Gasteiger partial charge is 0.508 e. The maximum absolute atomic E-state index is 9.80. The molecule has 22 nitrogen and oxygen atoms in total. The second-order valence-corrected chi connectivity index (χ2v) is 35.0. The van der Waals surface area contributed by atoms with Gasteiger partial charge in [0.25, 0.3) is 0 Å². The number of phenolic OH excluding ortho intramolecular Hbond substituents is 1. The first-order valence-corrected chi connectivity index (χ1v) is 38.0. The Morgan fingerprint density at radius 3 is 1.26 bits per heavy atom. The standard InChI is InChI=1S/C20H28N2O5S.C10H13BrO2.C10H16N2O3S.C10H14O3.C8H10O2.C3H4O3.CH4.Br3P/c1-4-24-17-7-5-6-8-18(17)25-12-11-22-15(2)13-16-9-10-19(23-3)20(14-16)28-27-26-21;1-2-12-9-5-3-4-6-10(9)13-8-7-11;1-7(11)5-8-3-4-9(13-2)10(6-8)16-15-14-12;1-2-12-9-5-3-4-6-10(9)13-8-7-11;1-2-10-8-6-4-3-5-7(8)9;4-3-5-1-2-6-3;;1-4(2)3/h5-10,14-15,22H,4,11-13,21H2,1-3H3;3-6H,2,7-8H2,1H3;3-4,6-7H,5,11-12H2,1-2H3;3-6,11H,2,7-8H2,1H3;3-6,9H,2H2,1H3;1-2H2;1H4;. The molecule has 2 unspecified atom stereocenters. The Hall–Kier alpha value is -4.72. The number of methoxy groups -OCH3 is 2. The molecule has 0 aliphatic carbocycles. The van der Waals surface area contributed by atoms with Crippen molar-refractivity contribution in [2.24, 2.45) is 17.5 Å². The molecule has 0 spiro atoms. The molecule has 0 radical (unpaired) electrons. The minimum atomic E-state index is -0.546. The number of nitrogens with two attached hydrogens (primary N) is 3. The van der Waals surface area contributed by atoms with E-state index in [4.69, 9.17) is 74.7 Å². The van der Waals surface area contributed by atoms with Crippen LogP contribution < -0.4 is 65.5 Å². The van der Waals surface area contributed by atoms with Crippen molar-refractivity contribution < 1.29 is 85.8 Å². The number of hydrogen-bond donors (Lipinski definition) is 6. The molecule has 1 fully saturated rings. The minimum absolute atomic E-state index is 0. The van der Waals surface area contributed by atoms with Gasteiger partial charge in [0.1, 0.15) is 42.0 Å². The number of ether oxygens (including phenoxy) is 11. The average Bonchev–Trinajstić information content (AvgIpc) is 1.88. The third-order valence-corrected chi connectivity index (χ3v) is 12.2. The fourth-order valence-electron chi connectivity index (χ4n) is 7.07. The molecule has 6 aromatic rings. The summed E-state index contributed by atoms with van der Waals surface area (Å²) in [4.78, 5) is 19.6. The second-order valence-electron chi connectivity index (χ2n) is 17.3. The molecule has 9 N–H and O–H groups in total. The predicted octanol–water partition coefficient (Wildman–Crippen LogP) is 15.2. The summed E-state index contributed by atoms with van der Waals surface area (Å²) in [6.45, 7) is 17.3. The van der Waals surface area contributed by atoms with Crippen LogP contribution in [0.2, 0.25) is 0 Å². The lowest BCUT2D eigenvalue weighted by molar-refractivity contribution is -0.195. The Kier molecular flexibility index (Phi) is 53.8. The number of carbonyl (C=O) groups excluding carboxylic acids is 1. The molecule has 29 heteroatoms. The van der Waals surface area contributed by atoms with Gasteiger partial charge in [0.2, 0.25) is 0 Å². The molecule has 1 saturated heterocycles. The number of halogens is 4. The number of carbonyl (C=O) groups is 1. The molecule has 510 valence electrons. The third-order valence-electron chi connectivity index (χ3n) is 10.6. The maximum atomic E-state index is 9.80. The molecule has 1 heterocycles. The first-order chi connectivity index (χ1) is 43.6. The summed E-state index contributed by atoms with van der Waals surface area (Å²) in [5.41, 5.74) is 7.99. The van der Waals surface area contributed by atoms with Crippen LogP contribution in [0, 0.1) is 0 Å². The number of alkyl halides is 1. The van der Waals surface area contributed by atoms with Gasteiger partial charge in [0.15, 0.2) is 46.0 Å². The first kappa shape index (κ1) is 86.3.